The first-order valence-corrected chi connectivity index (χ1v) is 9.86. The van der Waals surface area contributed by atoms with Gasteiger partial charge in [0, 0.05) is 30.0 Å². The summed E-state index contributed by atoms with van der Waals surface area (Å²) in [6.07, 6.45) is 3.51. The highest BCUT2D eigenvalue weighted by atomic mass is 127. The third kappa shape index (κ3) is 4.42. The molecule has 0 saturated carbocycles. The molecule has 1 aliphatic rings. The summed E-state index contributed by atoms with van der Waals surface area (Å²) in [6.45, 7) is 1.77. The van der Waals surface area contributed by atoms with Crippen LogP contribution in [-0.4, -0.2) is 32.2 Å². The van der Waals surface area contributed by atoms with Crippen molar-refractivity contribution in [3.63, 3.8) is 0 Å². The van der Waals surface area contributed by atoms with E-state index in [2.05, 4.69) is 80.9 Å². The molecular weight excluding hydrogens is 595 g/mol. The minimum Gasteiger partial charge on any atom is -0.462 e. The summed E-state index contributed by atoms with van der Waals surface area (Å²) in [7, 11) is 2.23. The lowest BCUT2D eigenvalue weighted by Crippen LogP contribution is -3.10. The van der Waals surface area contributed by atoms with Crippen LogP contribution >= 0.6 is 67.8 Å². The Morgan fingerprint density at radius 1 is 1.40 bits per heavy atom. The average Bonchev–Trinajstić information content (AvgIpc) is 2.79. The highest BCUT2D eigenvalue weighted by Gasteiger charge is 2.25. The molecule has 1 aromatic rings. The molecule has 110 valence electrons. The molecule has 2 rings (SSSR count). The summed E-state index contributed by atoms with van der Waals surface area (Å²) in [6, 6.07) is 4.62. The third-order valence-corrected chi connectivity index (χ3v) is 7.40. The van der Waals surface area contributed by atoms with E-state index in [4.69, 9.17) is 4.74 Å². The van der Waals surface area contributed by atoms with Crippen molar-refractivity contribution >= 4 is 73.7 Å². The van der Waals surface area contributed by atoms with Crippen LogP contribution in [0.2, 0.25) is 0 Å². The SMILES string of the molecule is C[NH+]1CCCC1CCOC(=O)c1cc(I)cc(I)c1I. The first kappa shape index (κ1) is 17.2. The van der Waals surface area contributed by atoms with Gasteiger partial charge in [-0.1, -0.05) is 0 Å². The molecule has 1 aliphatic heterocycles. The van der Waals surface area contributed by atoms with Crippen LogP contribution in [0.4, 0.5) is 0 Å². The topological polar surface area (TPSA) is 30.7 Å². The van der Waals surface area contributed by atoms with Crippen molar-refractivity contribution in [1.82, 2.24) is 0 Å². The number of rotatable bonds is 4. The van der Waals surface area contributed by atoms with Gasteiger partial charge in [0.25, 0.3) is 0 Å². The van der Waals surface area contributed by atoms with E-state index in [1.165, 1.54) is 19.4 Å². The van der Waals surface area contributed by atoms with Crippen molar-refractivity contribution in [2.45, 2.75) is 25.3 Å². The second-order valence-electron chi connectivity index (χ2n) is 5.11. The number of likely N-dealkylation sites (tertiary alicyclic amines) is 1. The third-order valence-electron chi connectivity index (χ3n) is 3.73. The van der Waals surface area contributed by atoms with Gasteiger partial charge in [-0.3, -0.25) is 0 Å². The number of halogens is 3. The average molecular weight is 612 g/mol. The lowest BCUT2D eigenvalue weighted by Gasteiger charge is -2.16. The zero-order valence-corrected chi connectivity index (χ0v) is 17.7. The van der Waals surface area contributed by atoms with Crippen LogP contribution in [0, 0.1) is 10.7 Å². The number of benzene rings is 1. The van der Waals surface area contributed by atoms with Gasteiger partial charge < -0.3 is 9.64 Å². The molecule has 1 aromatic carbocycles. The molecule has 1 N–H and O–H groups in total. The molecule has 2 unspecified atom stereocenters. The number of hydrogen-bond donors (Lipinski definition) is 1. The Bertz CT molecular complexity index is 507. The van der Waals surface area contributed by atoms with E-state index in [0.29, 0.717) is 18.2 Å². The summed E-state index contributed by atoms with van der Waals surface area (Å²) in [5, 5.41) is 0. The van der Waals surface area contributed by atoms with E-state index in [9.17, 15) is 4.79 Å². The second kappa shape index (κ2) is 7.91. The maximum Gasteiger partial charge on any atom is 0.339 e. The molecule has 1 heterocycles. The number of nitrogens with one attached hydrogen (secondary N) is 1. The van der Waals surface area contributed by atoms with Crippen LogP contribution in [0.3, 0.4) is 0 Å². The van der Waals surface area contributed by atoms with E-state index in [1.54, 1.807) is 4.90 Å². The molecule has 0 amide bonds. The number of esters is 1. The quantitative estimate of drug-likeness (QED) is 0.323. The molecule has 0 aliphatic carbocycles. The molecule has 0 aromatic heterocycles. The van der Waals surface area contributed by atoms with Crippen LogP contribution < -0.4 is 4.90 Å². The van der Waals surface area contributed by atoms with E-state index >= 15 is 0 Å². The number of quaternary nitrogens is 1. The number of carbonyl (C=O) groups is 1. The zero-order chi connectivity index (χ0) is 14.7. The van der Waals surface area contributed by atoms with Crippen molar-refractivity contribution in [3.05, 3.63) is 28.4 Å². The predicted octanol–water partition coefficient (Wildman–Crippen LogP) is 2.72. The summed E-state index contributed by atoms with van der Waals surface area (Å²) in [4.78, 5) is 13.8. The van der Waals surface area contributed by atoms with E-state index < -0.39 is 0 Å². The van der Waals surface area contributed by atoms with Gasteiger partial charge in [-0.25, -0.2) is 4.79 Å². The molecular formula is C14H17I3NO2+. The second-order valence-corrected chi connectivity index (χ2v) is 8.60. The normalized spacial score (nSPS) is 22.0. The molecule has 20 heavy (non-hydrogen) atoms. The van der Waals surface area contributed by atoms with E-state index in [1.807, 2.05) is 6.07 Å². The Labute approximate surface area is 160 Å². The first-order chi connectivity index (χ1) is 9.49. The van der Waals surface area contributed by atoms with Crippen LogP contribution in [0.25, 0.3) is 0 Å². The van der Waals surface area contributed by atoms with Crippen LogP contribution in [0.5, 0.6) is 0 Å². The van der Waals surface area contributed by atoms with Crippen LogP contribution in [0.1, 0.15) is 29.6 Å². The minimum absolute atomic E-state index is 0.193. The molecule has 0 radical (unpaired) electrons. The fourth-order valence-corrected chi connectivity index (χ4v) is 4.92. The molecule has 3 nitrogen and oxygen atoms in total. The smallest absolute Gasteiger partial charge is 0.339 e. The largest absolute Gasteiger partial charge is 0.462 e. The van der Waals surface area contributed by atoms with Crippen LogP contribution in [0.15, 0.2) is 12.1 Å². The summed E-state index contributed by atoms with van der Waals surface area (Å²) >= 11 is 6.70. The van der Waals surface area contributed by atoms with Crippen LogP contribution in [-0.2, 0) is 4.74 Å². The molecule has 6 heteroatoms. The Balaban J connectivity index is 1.92. The van der Waals surface area contributed by atoms with Crippen molar-refractivity contribution in [3.8, 4) is 0 Å². The Morgan fingerprint density at radius 2 is 2.15 bits per heavy atom. The Hall–Kier alpha value is 0.840. The van der Waals surface area contributed by atoms with Gasteiger partial charge in [0.15, 0.2) is 0 Å². The first-order valence-electron chi connectivity index (χ1n) is 6.63. The van der Waals surface area contributed by atoms with Gasteiger partial charge in [-0.05, 0) is 79.9 Å². The minimum atomic E-state index is -0.193. The van der Waals surface area contributed by atoms with Gasteiger partial charge in [0.05, 0.1) is 31.8 Å². The zero-order valence-electron chi connectivity index (χ0n) is 11.2. The highest BCUT2D eigenvalue weighted by Crippen LogP contribution is 2.23. The predicted molar refractivity (Wildman–Crippen MR) is 104 cm³/mol. The van der Waals surface area contributed by atoms with E-state index in [-0.39, 0.29) is 5.97 Å². The van der Waals surface area contributed by atoms with Crippen molar-refractivity contribution in [2.75, 3.05) is 20.2 Å². The molecule has 1 saturated heterocycles. The lowest BCUT2D eigenvalue weighted by molar-refractivity contribution is -0.892. The lowest BCUT2D eigenvalue weighted by atomic mass is 10.1. The summed E-state index contributed by atoms with van der Waals surface area (Å²) in [5.74, 6) is -0.193. The van der Waals surface area contributed by atoms with Gasteiger partial charge >= 0.3 is 5.97 Å². The maximum absolute atomic E-state index is 12.2. The Morgan fingerprint density at radius 3 is 2.80 bits per heavy atom. The van der Waals surface area contributed by atoms with Crippen molar-refractivity contribution in [2.24, 2.45) is 0 Å². The van der Waals surface area contributed by atoms with E-state index in [0.717, 1.165) is 17.1 Å². The monoisotopic (exact) mass is 612 g/mol. The van der Waals surface area contributed by atoms with Crippen molar-refractivity contribution in [1.29, 1.82) is 0 Å². The summed E-state index contributed by atoms with van der Waals surface area (Å²) in [5.41, 5.74) is 0.689. The van der Waals surface area contributed by atoms with Gasteiger partial charge in [0.1, 0.15) is 0 Å². The van der Waals surface area contributed by atoms with Gasteiger partial charge in [-0.15, -0.1) is 0 Å². The number of carbonyl (C=O) groups excluding carboxylic acids is 1. The molecule has 0 bridgehead atoms. The molecule has 0 spiro atoms. The fraction of sp³-hybridized carbons (Fsp3) is 0.500. The van der Waals surface area contributed by atoms with Gasteiger partial charge in [-0.2, -0.15) is 0 Å². The maximum atomic E-state index is 12.2. The fourth-order valence-electron chi connectivity index (χ4n) is 2.54. The highest BCUT2D eigenvalue weighted by molar-refractivity contribution is 14.1. The molecule has 1 fully saturated rings. The molecule has 2 atom stereocenters. The van der Waals surface area contributed by atoms with Gasteiger partial charge in [0.2, 0.25) is 0 Å². The summed E-state index contributed by atoms with van der Waals surface area (Å²) < 4.78 is 8.62. The number of hydrogen-bond acceptors (Lipinski definition) is 2. The van der Waals surface area contributed by atoms with Crippen molar-refractivity contribution < 1.29 is 14.4 Å². The standard InChI is InChI=1S/C14H16I3NO2/c1-18-5-2-3-10(18)4-6-20-14(19)11-7-9(15)8-12(16)13(11)17/h7-8,10H,2-6H2,1H3/p+1. The number of ether oxygens (including phenoxy) is 1. The Kier molecular flexibility index (Phi) is 6.80.